The third-order valence-corrected chi connectivity index (χ3v) is 3.26. The van der Waals surface area contributed by atoms with Crippen molar-refractivity contribution in [2.45, 2.75) is 45.8 Å². The van der Waals surface area contributed by atoms with Crippen LogP contribution in [-0.2, 0) is 0 Å². The lowest BCUT2D eigenvalue weighted by Gasteiger charge is -2.14. The molecule has 0 saturated carbocycles. The first-order valence-corrected chi connectivity index (χ1v) is 7.28. The maximum atomic E-state index is 11.1. The second-order valence-electron chi connectivity index (χ2n) is 5.28. The van der Waals surface area contributed by atoms with Gasteiger partial charge in [0, 0.05) is 5.56 Å². The molecule has 0 unspecified atom stereocenters. The summed E-state index contributed by atoms with van der Waals surface area (Å²) in [7, 11) is 0. The normalized spacial score (nSPS) is 13.8. The highest BCUT2D eigenvalue weighted by atomic mass is 16.5. The second kappa shape index (κ2) is 8.72. The van der Waals surface area contributed by atoms with Gasteiger partial charge in [-0.1, -0.05) is 13.3 Å². The Morgan fingerprint density at radius 3 is 2.55 bits per heavy atom. The van der Waals surface area contributed by atoms with Crippen LogP contribution in [0.5, 0.6) is 5.75 Å². The smallest absolute Gasteiger partial charge is 0.159 e. The molecule has 112 valence electrons. The predicted octanol–water partition coefficient (Wildman–Crippen LogP) is 1.38. The molecule has 0 saturated heterocycles. The minimum Gasteiger partial charge on any atom is -0.491 e. The highest BCUT2D eigenvalue weighted by molar-refractivity contribution is 5.94. The van der Waals surface area contributed by atoms with Crippen LogP contribution in [0, 0.1) is 0 Å². The average molecular weight is 280 g/mol. The number of rotatable bonds is 9. The molecule has 2 atom stereocenters. The Bertz CT molecular complexity index is 403. The number of carbonyl (C=O) groups excluding carboxylic acids is 1. The van der Waals surface area contributed by atoms with Crippen LogP contribution in [0.3, 0.4) is 0 Å². The quantitative estimate of drug-likeness (QED) is 0.672. The van der Waals surface area contributed by atoms with Gasteiger partial charge < -0.3 is 15.2 Å². The number of aliphatic hydroxyl groups is 1. The van der Waals surface area contributed by atoms with E-state index in [0.29, 0.717) is 23.9 Å². The van der Waals surface area contributed by atoms with Crippen molar-refractivity contribution in [2.24, 2.45) is 0 Å². The number of quaternary nitrogens is 1. The lowest BCUT2D eigenvalue weighted by Crippen LogP contribution is -2.91. The minimum absolute atomic E-state index is 0.0381. The first-order valence-electron chi connectivity index (χ1n) is 7.28. The van der Waals surface area contributed by atoms with E-state index in [9.17, 15) is 9.90 Å². The summed E-state index contributed by atoms with van der Waals surface area (Å²) in [5.74, 6) is 0.715. The average Bonchev–Trinajstić information content (AvgIpc) is 2.43. The molecule has 1 rings (SSSR count). The number of benzene rings is 1. The molecule has 0 bridgehead atoms. The van der Waals surface area contributed by atoms with Crippen LogP contribution in [0.25, 0.3) is 0 Å². The summed E-state index contributed by atoms with van der Waals surface area (Å²) >= 11 is 0. The Morgan fingerprint density at radius 1 is 1.35 bits per heavy atom. The van der Waals surface area contributed by atoms with Gasteiger partial charge in [-0.15, -0.1) is 0 Å². The summed E-state index contributed by atoms with van der Waals surface area (Å²) in [5, 5.41) is 12.0. The SMILES string of the molecule is CCC[C@H](C)[NH2+]C[C@H](O)COc1ccc(C(C)=O)cc1. The third kappa shape index (κ3) is 6.17. The maximum Gasteiger partial charge on any atom is 0.159 e. The first-order chi connectivity index (χ1) is 9.52. The zero-order chi connectivity index (χ0) is 15.0. The fraction of sp³-hybridized carbons (Fsp3) is 0.562. The zero-order valence-corrected chi connectivity index (χ0v) is 12.6. The van der Waals surface area contributed by atoms with Crippen molar-refractivity contribution in [1.29, 1.82) is 0 Å². The topological polar surface area (TPSA) is 63.1 Å². The molecule has 1 aromatic carbocycles. The van der Waals surface area contributed by atoms with Crippen molar-refractivity contribution in [2.75, 3.05) is 13.2 Å². The molecule has 0 aliphatic carbocycles. The molecule has 3 N–H and O–H groups in total. The molecule has 4 nitrogen and oxygen atoms in total. The first kappa shape index (κ1) is 16.7. The third-order valence-electron chi connectivity index (χ3n) is 3.26. The zero-order valence-electron chi connectivity index (χ0n) is 12.6. The number of ketones is 1. The van der Waals surface area contributed by atoms with Crippen LogP contribution in [-0.4, -0.2) is 36.2 Å². The highest BCUT2D eigenvalue weighted by Crippen LogP contribution is 2.12. The largest absolute Gasteiger partial charge is 0.491 e. The fourth-order valence-electron chi connectivity index (χ4n) is 2.01. The van der Waals surface area contributed by atoms with Crippen molar-refractivity contribution < 1.29 is 20.0 Å². The lowest BCUT2D eigenvalue weighted by molar-refractivity contribution is -0.692. The van der Waals surface area contributed by atoms with Crippen LogP contribution in [0.4, 0.5) is 0 Å². The van der Waals surface area contributed by atoms with Gasteiger partial charge in [0.25, 0.3) is 0 Å². The summed E-state index contributed by atoms with van der Waals surface area (Å²) in [6.07, 6.45) is 1.83. The molecule has 1 aromatic rings. The van der Waals surface area contributed by atoms with E-state index in [1.165, 1.54) is 6.92 Å². The van der Waals surface area contributed by atoms with Gasteiger partial charge in [0.2, 0.25) is 0 Å². The van der Waals surface area contributed by atoms with Crippen molar-refractivity contribution in [3.8, 4) is 5.75 Å². The van der Waals surface area contributed by atoms with Crippen LogP contribution in [0.15, 0.2) is 24.3 Å². The van der Waals surface area contributed by atoms with Gasteiger partial charge in [0.1, 0.15) is 25.0 Å². The number of nitrogens with two attached hydrogens (primary N) is 1. The van der Waals surface area contributed by atoms with Crippen molar-refractivity contribution in [3.05, 3.63) is 29.8 Å². The van der Waals surface area contributed by atoms with Gasteiger partial charge in [0.15, 0.2) is 5.78 Å². The number of Topliss-reactive ketones (excluding diaryl/α,β-unsaturated/α-hetero) is 1. The Kier molecular flexibility index (Phi) is 7.26. The Hall–Kier alpha value is -1.39. The number of aliphatic hydroxyl groups excluding tert-OH is 1. The Balaban J connectivity index is 2.30. The lowest BCUT2D eigenvalue weighted by atomic mass is 10.1. The van der Waals surface area contributed by atoms with Gasteiger partial charge >= 0.3 is 0 Å². The van der Waals surface area contributed by atoms with E-state index in [4.69, 9.17) is 4.74 Å². The van der Waals surface area contributed by atoms with Crippen LogP contribution >= 0.6 is 0 Å². The number of ether oxygens (including phenoxy) is 1. The Labute approximate surface area is 121 Å². The van der Waals surface area contributed by atoms with Crippen LogP contribution < -0.4 is 10.1 Å². The maximum absolute atomic E-state index is 11.1. The number of hydrogen-bond acceptors (Lipinski definition) is 3. The molecule has 0 aliphatic heterocycles. The van der Waals surface area contributed by atoms with E-state index in [2.05, 4.69) is 19.2 Å². The molecule has 0 heterocycles. The number of hydrogen-bond donors (Lipinski definition) is 2. The predicted molar refractivity (Wildman–Crippen MR) is 79.1 cm³/mol. The van der Waals surface area contributed by atoms with Gasteiger partial charge in [0.05, 0.1) is 6.04 Å². The molecule has 0 radical (unpaired) electrons. The molecule has 0 amide bonds. The molecular formula is C16H26NO3+. The van der Waals surface area contributed by atoms with Gasteiger partial charge in [-0.05, 0) is 44.5 Å². The van der Waals surface area contributed by atoms with E-state index >= 15 is 0 Å². The van der Waals surface area contributed by atoms with E-state index in [1.54, 1.807) is 24.3 Å². The van der Waals surface area contributed by atoms with E-state index < -0.39 is 6.10 Å². The van der Waals surface area contributed by atoms with Crippen molar-refractivity contribution in [3.63, 3.8) is 0 Å². The van der Waals surface area contributed by atoms with E-state index in [-0.39, 0.29) is 12.4 Å². The summed E-state index contributed by atoms with van der Waals surface area (Å²) < 4.78 is 5.51. The Morgan fingerprint density at radius 2 is 2.00 bits per heavy atom. The van der Waals surface area contributed by atoms with Crippen molar-refractivity contribution >= 4 is 5.78 Å². The molecule has 0 aromatic heterocycles. The molecule has 0 spiro atoms. The fourth-order valence-corrected chi connectivity index (χ4v) is 2.01. The summed E-state index contributed by atoms with van der Waals surface area (Å²) in [5.41, 5.74) is 0.666. The van der Waals surface area contributed by atoms with Crippen LogP contribution in [0.1, 0.15) is 44.0 Å². The van der Waals surface area contributed by atoms with E-state index in [1.807, 2.05) is 0 Å². The molecule has 4 heteroatoms. The molecule has 0 aliphatic rings. The monoisotopic (exact) mass is 280 g/mol. The standard InChI is InChI=1S/C16H25NO3/c1-4-5-12(2)17-10-15(19)11-20-16-8-6-14(7-9-16)13(3)18/h6-9,12,15,17,19H,4-5,10-11H2,1-3H3/p+1/t12-,15-/m0/s1. The van der Waals surface area contributed by atoms with Crippen molar-refractivity contribution in [1.82, 2.24) is 0 Å². The molecule has 0 fully saturated rings. The summed E-state index contributed by atoms with van der Waals surface area (Å²) in [6.45, 7) is 6.78. The van der Waals surface area contributed by atoms with Gasteiger partial charge in [-0.2, -0.15) is 0 Å². The molecule has 20 heavy (non-hydrogen) atoms. The second-order valence-corrected chi connectivity index (χ2v) is 5.28. The van der Waals surface area contributed by atoms with Gasteiger partial charge in [-0.25, -0.2) is 0 Å². The summed E-state index contributed by atoms with van der Waals surface area (Å²) in [4.78, 5) is 11.1. The highest BCUT2D eigenvalue weighted by Gasteiger charge is 2.10. The minimum atomic E-state index is -0.484. The summed E-state index contributed by atoms with van der Waals surface area (Å²) in [6, 6.07) is 7.52. The number of carbonyl (C=O) groups is 1. The molecular weight excluding hydrogens is 254 g/mol. The van der Waals surface area contributed by atoms with E-state index in [0.717, 1.165) is 12.8 Å². The van der Waals surface area contributed by atoms with Gasteiger partial charge in [-0.3, -0.25) is 4.79 Å². The van der Waals surface area contributed by atoms with Crippen LogP contribution in [0.2, 0.25) is 0 Å².